The summed E-state index contributed by atoms with van der Waals surface area (Å²) >= 11 is 0. The Morgan fingerprint density at radius 1 is 1.11 bits per heavy atom. The Bertz CT molecular complexity index is 1280. The van der Waals surface area contributed by atoms with Gasteiger partial charge < -0.3 is 4.90 Å². The number of amides is 3. The van der Waals surface area contributed by atoms with Gasteiger partial charge in [0, 0.05) is 12.1 Å². The molecule has 2 aromatic carbocycles. The standard InChI is InChI=1S/C26H29N3O5S/c1-18-6-5-9-20(16-18)25(31)28(15-14-19-7-3-2-4-8-19)23-17-24(30)29(26(23)32)21-10-12-22(13-11-21)35(27,33)34/h5-7,9-13,16,23H,2-4,8,14-15,17H2,1H3,(H2,27,33,34). The van der Waals surface area contributed by atoms with Crippen molar-refractivity contribution in [2.75, 3.05) is 11.4 Å². The quantitative estimate of drug-likeness (QED) is 0.467. The van der Waals surface area contributed by atoms with Crippen LogP contribution in [0.5, 0.6) is 0 Å². The maximum Gasteiger partial charge on any atom is 0.257 e. The molecule has 1 unspecified atom stereocenters. The van der Waals surface area contributed by atoms with E-state index >= 15 is 0 Å². The van der Waals surface area contributed by atoms with Gasteiger partial charge in [0.15, 0.2) is 0 Å². The van der Waals surface area contributed by atoms with Crippen LogP contribution in [0.2, 0.25) is 0 Å². The first-order chi connectivity index (χ1) is 16.6. The van der Waals surface area contributed by atoms with Gasteiger partial charge in [-0.1, -0.05) is 29.3 Å². The van der Waals surface area contributed by atoms with Crippen molar-refractivity contribution in [1.29, 1.82) is 0 Å². The molecule has 0 saturated carbocycles. The zero-order valence-corrected chi connectivity index (χ0v) is 20.5. The molecule has 0 aromatic heterocycles. The molecule has 0 bridgehead atoms. The Labute approximate surface area is 205 Å². The first-order valence-electron chi connectivity index (χ1n) is 11.7. The number of carbonyl (C=O) groups excluding carboxylic acids is 3. The zero-order chi connectivity index (χ0) is 25.2. The van der Waals surface area contributed by atoms with Crippen LogP contribution in [0.4, 0.5) is 5.69 Å². The van der Waals surface area contributed by atoms with Crippen LogP contribution in [-0.4, -0.2) is 43.6 Å². The smallest absolute Gasteiger partial charge is 0.257 e. The van der Waals surface area contributed by atoms with E-state index in [0.717, 1.165) is 36.1 Å². The van der Waals surface area contributed by atoms with Crippen molar-refractivity contribution < 1.29 is 22.8 Å². The summed E-state index contributed by atoms with van der Waals surface area (Å²) in [5.74, 6) is -1.23. The van der Waals surface area contributed by atoms with E-state index in [-0.39, 0.29) is 22.9 Å². The molecule has 1 saturated heterocycles. The van der Waals surface area contributed by atoms with Crippen LogP contribution in [-0.2, 0) is 19.6 Å². The molecule has 1 aliphatic heterocycles. The molecule has 1 aliphatic carbocycles. The number of rotatable bonds is 7. The normalized spacial score (nSPS) is 18.5. The topological polar surface area (TPSA) is 118 Å². The Balaban J connectivity index is 1.62. The third-order valence-electron chi connectivity index (χ3n) is 6.51. The van der Waals surface area contributed by atoms with Crippen molar-refractivity contribution in [3.63, 3.8) is 0 Å². The Morgan fingerprint density at radius 2 is 1.86 bits per heavy atom. The average Bonchev–Trinajstić information content (AvgIpc) is 3.13. The lowest BCUT2D eigenvalue weighted by molar-refractivity contribution is -0.122. The molecule has 3 amide bonds. The van der Waals surface area contributed by atoms with Gasteiger partial charge in [-0.25, -0.2) is 18.5 Å². The number of hydrogen-bond donors (Lipinski definition) is 1. The number of allylic oxidation sites excluding steroid dienone is 1. The Morgan fingerprint density at radius 3 is 2.49 bits per heavy atom. The summed E-state index contributed by atoms with van der Waals surface area (Å²) in [4.78, 5) is 42.3. The second-order valence-corrected chi connectivity index (χ2v) is 10.6. The van der Waals surface area contributed by atoms with Gasteiger partial charge in [-0.3, -0.25) is 14.4 Å². The third-order valence-corrected chi connectivity index (χ3v) is 7.44. The summed E-state index contributed by atoms with van der Waals surface area (Å²) in [6.45, 7) is 2.23. The van der Waals surface area contributed by atoms with Crippen molar-refractivity contribution >= 4 is 33.4 Å². The maximum absolute atomic E-state index is 13.6. The molecule has 1 atom stereocenters. The molecule has 2 N–H and O–H groups in total. The average molecular weight is 496 g/mol. The number of imide groups is 1. The lowest BCUT2D eigenvalue weighted by Crippen LogP contribution is -2.46. The molecule has 184 valence electrons. The van der Waals surface area contributed by atoms with E-state index in [1.165, 1.54) is 34.7 Å². The van der Waals surface area contributed by atoms with E-state index < -0.39 is 27.9 Å². The number of nitrogens with zero attached hydrogens (tertiary/aromatic N) is 2. The first-order valence-corrected chi connectivity index (χ1v) is 13.2. The van der Waals surface area contributed by atoms with E-state index in [2.05, 4.69) is 6.08 Å². The van der Waals surface area contributed by atoms with E-state index in [4.69, 9.17) is 5.14 Å². The van der Waals surface area contributed by atoms with Gasteiger partial charge in [0.2, 0.25) is 15.9 Å². The van der Waals surface area contributed by atoms with Crippen molar-refractivity contribution in [2.45, 2.75) is 56.4 Å². The molecular weight excluding hydrogens is 466 g/mol. The number of nitrogens with two attached hydrogens (primary N) is 1. The van der Waals surface area contributed by atoms with Gasteiger partial charge in [0.25, 0.3) is 11.8 Å². The molecular formula is C26H29N3O5S. The highest BCUT2D eigenvalue weighted by Gasteiger charge is 2.44. The number of benzene rings is 2. The fourth-order valence-corrected chi connectivity index (χ4v) is 5.17. The van der Waals surface area contributed by atoms with Crippen LogP contribution < -0.4 is 10.0 Å². The predicted octanol–water partition coefficient (Wildman–Crippen LogP) is 3.31. The fraction of sp³-hybridized carbons (Fsp3) is 0.346. The molecule has 2 aliphatic rings. The number of sulfonamides is 1. The summed E-state index contributed by atoms with van der Waals surface area (Å²) in [5, 5.41) is 5.15. The van der Waals surface area contributed by atoms with Crippen molar-refractivity contribution in [1.82, 2.24) is 4.90 Å². The summed E-state index contributed by atoms with van der Waals surface area (Å²) < 4.78 is 23.1. The lowest BCUT2D eigenvalue weighted by atomic mass is 9.96. The number of primary sulfonamides is 1. The van der Waals surface area contributed by atoms with Gasteiger partial charge in [0.1, 0.15) is 6.04 Å². The predicted molar refractivity (Wildman–Crippen MR) is 132 cm³/mol. The summed E-state index contributed by atoms with van der Waals surface area (Å²) in [6.07, 6.45) is 6.99. The highest BCUT2D eigenvalue weighted by molar-refractivity contribution is 7.89. The summed E-state index contributed by atoms with van der Waals surface area (Å²) in [5.41, 5.74) is 2.91. The van der Waals surface area contributed by atoms with Gasteiger partial charge in [-0.05, 0) is 75.4 Å². The number of carbonyl (C=O) groups is 3. The minimum Gasteiger partial charge on any atom is -0.326 e. The highest BCUT2D eigenvalue weighted by atomic mass is 32.2. The van der Waals surface area contributed by atoms with Gasteiger partial charge in [0.05, 0.1) is 17.0 Å². The van der Waals surface area contributed by atoms with Gasteiger partial charge in [-0.15, -0.1) is 0 Å². The van der Waals surface area contributed by atoms with E-state index in [1.807, 2.05) is 13.0 Å². The number of hydrogen-bond acceptors (Lipinski definition) is 5. The van der Waals surface area contributed by atoms with Crippen LogP contribution in [0.15, 0.2) is 65.1 Å². The molecule has 0 spiro atoms. The molecule has 35 heavy (non-hydrogen) atoms. The minimum absolute atomic E-state index is 0.117. The largest absolute Gasteiger partial charge is 0.326 e. The minimum atomic E-state index is -3.90. The lowest BCUT2D eigenvalue weighted by Gasteiger charge is -2.29. The molecule has 2 aromatic rings. The van der Waals surface area contributed by atoms with Gasteiger partial charge in [-0.2, -0.15) is 0 Å². The van der Waals surface area contributed by atoms with Crippen molar-refractivity contribution in [2.24, 2.45) is 5.14 Å². The summed E-state index contributed by atoms with van der Waals surface area (Å²) in [7, 11) is -3.90. The first kappa shape index (κ1) is 24.8. The number of anilines is 1. The zero-order valence-electron chi connectivity index (χ0n) is 19.6. The monoisotopic (exact) mass is 495 g/mol. The third kappa shape index (κ3) is 5.52. The van der Waals surface area contributed by atoms with Crippen molar-refractivity contribution in [3.05, 3.63) is 71.3 Å². The van der Waals surface area contributed by atoms with E-state index in [0.29, 0.717) is 18.5 Å². The van der Waals surface area contributed by atoms with Crippen LogP contribution in [0, 0.1) is 6.92 Å². The van der Waals surface area contributed by atoms with Crippen molar-refractivity contribution in [3.8, 4) is 0 Å². The molecule has 8 nitrogen and oxygen atoms in total. The Hall–Kier alpha value is -3.30. The summed E-state index contributed by atoms with van der Waals surface area (Å²) in [6, 6.07) is 11.5. The number of aryl methyl sites for hydroxylation is 1. The Kier molecular flexibility index (Phi) is 7.18. The second-order valence-electron chi connectivity index (χ2n) is 9.05. The molecule has 1 heterocycles. The second kappa shape index (κ2) is 10.1. The molecule has 1 fully saturated rings. The molecule has 9 heteroatoms. The SMILES string of the molecule is Cc1cccc(C(=O)N(CCC2=CCCCC2)C2CC(=O)N(c3ccc(S(N)(=O)=O)cc3)C2=O)c1. The molecule has 4 rings (SSSR count). The molecule has 0 radical (unpaired) electrons. The van der Waals surface area contributed by atoms with Crippen LogP contribution >= 0.6 is 0 Å². The van der Waals surface area contributed by atoms with Crippen LogP contribution in [0.1, 0.15) is 54.4 Å². The fourth-order valence-electron chi connectivity index (χ4n) is 4.65. The van der Waals surface area contributed by atoms with Crippen LogP contribution in [0.3, 0.4) is 0 Å². The maximum atomic E-state index is 13.6. The van der Waals surface area contributed by atoms with E-state index in [9.17, 15) is 22.8 Å². The van der Waals surface area contributed by atoms with E-state index in [1.54, 1.807) is 18.2 Å². The van der Waals surface area contributed by atoms with Gasteiger partial charge >= 0.3 is 0 Å². The van der Waals surface area contributed by atoms with Crippen LogP contribution in [0.25, 0.3) is 0 Å². The highest BCUT2D eigenvalue weighted by Crippen LogP contribution is 2.29.